The van der Waals surface area contributed by atoms with Gasteiger partial charge in [0, 0.05) is 23.9 Å². The topological polar surface area (TPSA) is 53.4 Å². The van der Waals surface area contributed by atoms with Crippen molar-refractivity contribution in [2.24, 2.45) is 0 Å². The van der Waals surface area contributed by atoms with Crippen LogP contribution in [-0.4, -0.2) is 40.6 Å². The number of rotatable bonds is 4. The van der Waals surface area contributed by atoms with Gasteiger partial charge in [-0.15, -0.1) is 11.3 Å². The van der Waals surface area contributed by atoms with Crippen LogP contribution < -0.4 is 0 Å². The van der Waals surface area contributed by atoms with Crippen LogP contribution >= 0.6 is 11.3 Å². The van der Waals surface area contributed by atoms with Crippen LogP contribution in [0.4, 0.5) is 0 Å². The Labute approximate surface area is 112 Å². The van der Waals surface area contributed by atoms with Crippen molar-refractivity contribution in [2.45, 2.75) is 39.0 Å². The van der Waals surface area contributed by atoms with Crippen molar-refractivity contribution in [1.82, 2.24) is 9.88 Å². The molecule has 1 aromatic heterocycles. The van der Waals surface area contributed by atoms with E-state index < -0.39 is 5.97 Å². The summed E-state index contributed by atoms with van der Waals surface area (Å²) < 4.78 is 0. The maximum absolute atomic E-state index is 10.6. The molecule has 0 bridgehead atoms. The first-order chi connectivity index (χ1) is 8.56. The smallest absolute Gasteiger partial charge is 0.304 e. The van der Waals surface area contributed by atoms with Crippen molar-refractivity contribution in [3.05, 3.63) is 15.6 Å². The number of hydrogen-bond acceptors (Lipinski definition) is 4. The van der Waals surface area contributed by atoms with Crippen LogP contribution in [0.3, 0.4) is 0 Å². The first kappa shape index (κ1) is 13.5. The summed E-state index contributed by atoms with van der Waals surface area (Å²) in [4.78, 5) is 18.8. The molecular weight excluding hydrogens is 248 g/mol. The zero-order chi connectivity index (χ0) is 13.1. The molecule has 2 rings (SSSR count). The lowest BCUT2D eigenvalue weighted by atomic mass is 9.98. The fourth-order valence-electron chi connectivity index (χ4n) is 2.39. The maximum Gasteiger partial charge on any atom is 0.304 e. The molecule has 1 atom stereocenters. The Morgan fingerprint density at radius 3 is 2.94 bits per heavy atom. The van der Waals surface area contributed by atoms with Gasteiger partial charge in [0.1, 0.15) is 0 Å². The predicted molar refractivity (Wildman–Crippen MR) is 72.3 cm³/mol. The van der Waals surface area contributed by atoms with Crippen molar-refractivity contribution >= 4 is 17.3 Å². The molecule has 2 heterocycles. The second-order valence-corrected chi connectivity index (χ2v) is 6.21. The Hall–Kier alpha value is -0.940. The van der Waals surface area contributed by atoms with Gasteiger partial charge in [0.05, 0.1) is 17.1 Å². The van der Waals surface area contributed by atoms with Gasteiger partial charge in [0.25, 0.3) is 0 Å². The van der Waals surface area contributed by atoms with E-state index >= 15 is 0 Å². The third kappa shape index (κ3) is 3.29. The number of hydrogen-bond donors (Lipinski definition) is 1. The number of aliphatic carboxylic acids is 1. The van der Waals surface area contributed by atoms with Gasteiger partial charge in [0.2, 0.25) is 0 Å². The molecule has 1 unspecified atom stereocenters. The highest BCUT2D eigenvalue weighted by Gasteiger charge is 2.24. The third-order valence-electron chi connectivity index (χ3n) is 3.54. The Kier molecular flexibility index (Phi) is 4.35. The molecule has 0 amide bonds. The van der Waals surface area contributed by atoms with E-state index in [-0.39, 0.29) is 6.42 Å². The average Bonchev–Trinajstić information content (AvgIpc) is 2.68. The Morgan fingerprint density at radius 2 is 2.33 bits per heavy atom. The zero-order valence-electron chi connectivity index (χ0n) is 11.0. The summed E-state index contributed by atoms with van der Waals surface area (Å²) in [5.74, 6) is -0.219. The molecule has 0 aliphatic carbocycles. The molecule has 1 aromatic rings. The van der Waals surface area contributed by atoms with E-state index in [2.05, 4.69) is 23.7 Å². The number of aromatic nitrogens is 1. The van der Waals surface area contributed by atoms with E-state index in [1.165, 1.54) is 16.3 Å². The summed E-state index contributed by atoms with van der Waals surface area (Å²) in [5, 5.41) is 9.96. The molecule has 0 aromatic carbocycles. The largest absolute Gasteiger partial charge is 0.481 e. The monoisotopic (exact) mass is 268 g/mol. The van der Waals surface area contributed by atoms with E-state index in [9.17, 15) is 4.79 Å². The standard InChI is InChI=1S/C13H20N2O2S/c1-9-10(2)18-13(14-9)11-4-3-6-15(8-11)7-5-12(16)17/h11H,3-8H2,1-2H3,(H,16,17). The van der Waals surface area contributed by atoms with Crippen LogP contribution in [0.5, 0.6) is 0 Å². The highest BCUT2D eigenvalue weighted by atomic mass is 32.1. The lowest BCUT2D eigenvalue weighted by Crippen LogP contribution is -2.35. The highest BCUT2D eigenvalue weighted by Crippen LogP contribution is 2.31. The molecule has 0 radical (unpaired) electrons. The van der Waals surface area contributed by atoms with E-state index in [0.717, 1.165) is 25.2 Å². The first-order valence-electron chi connectivity index (χ1n) is 6.44. The van der Waals surface area contributed by atoms with E-state index in [1.807, 2.05) is 0 Å². The molecule has 1 aliphatic rings. The molecule has 100 valence electrons. The Balaban J connectivity index is 1.95. The molecule has 0 saturated carbocycles. The van der Waals surface area contributed by atoms with E-state index in [1.54, 1.807) is 11.3 Å². The van der Waals surface area contributed by atoms with Crippen LogP contribution in [-0.2, 0) is 4.79 Å². The number of carboxylic acid groups (broad SMARTS) is 1. The van der Waals surface area contributed by atoms with Crippen LogP contribution in [0.25, 0.3) is 0 Å². The number of carboxylic acids is 1. The second-order valence-electron chi connectivity index (χ2n) is 4.98. The van der Waals surface area contributed by atoms with Gasteiger partial charge < -0.3 is 10.0 Å². The number of piperidine rings is 1. The second kappa shape index (κ2) is 5.80. The minimum atomic E-state index is -0.710. The molecule has 5 heteroatoms. The van der Waals surface area contributed by atoms with Gasteiger partial charge in [-0.2, -0.15) is 0 Å². The van der Waals surface area contributed by atoms with Crippen molar-refractivity contribution in [3.8, 4) is 0 Å². The highest BCUT2D eigenvalue weighted by molar-refractivity contribution is 7.11. The van der Waals surface area contributed by atoms with Crippen LogP contribution in [0.15, 0.2) is 0 Å². The minimum Gasteiger partial charge on any atom is -0.481 e. The van der Waals surface area contributed by atoms with Crippen LogP contribution in [0.2, 0.25) is 0 Å². The zero-order valence-corrected chi connectivity index (χ0v) is 11.8. The normalized spacial score (nSPS) is 21.1. The summed E-state index contributed by atoms with van der Waals surface area (Å²) in [5.41, 5.74) is 1.14. The molecule has 1 aliphatic heterocycles. The maximum atomic E-state index is 10.6. The number of thiazole rings is 1. The summed E-state index contributed by atoms with van der Waals surface area (Å²) >= 11 is 1.79. The SMILES string of the molecule is Cc1nc(C2CCCN(CCC(=O)O)C2)sc1C. The fraction of sp³-hybridized carbons (Fsp3) is 0.692. The lowest BCUT2D eigenvalue weighted by molar-refractivity contribution is -0.137. The van der Waals surface area contributed by atoms with Gasteiger partial charge >= 0.3 is 5.97 Å². The lowest BCUT2D eigenvalue weighted by Gasteiger charge is -2.31. The molecule has 4 nitrogen and oxygen atoms in total. The van der Waals surface area contributed by atoms with E-state index in [4.69, 9.17) is 5.11 Å². The van der Waals surface area contributed by atoms with Crippen molar-refractivity contribution in [1.29, 1.82) is 0 Å². The summed E-state index contributed by atoms with van der Waals surface area (Å²) in [7, 11) is 0. The van der Waals surface area contributed by atoms with Crippen molar-refractivity contribution in [3.63, 3.8) is 0 Å². The molecular formula is C13H20N2O2S. The van der Waals surface area contributed by atoms with Crippen molar-refractivity contribution < 1.29 is 9.90 Å². The van der Waals surface area contributed by atoms with Gasteiger partial charge in [-0.1, -0.05) is 0 Å². The van der Waals surface area contributed by atoms with Gasteiger partial charge in [0.15, 0.2) is 0 Å². The van der Waals surface area contributed by atoms with Gasteiger partial charge in [-0.25, -0.2) is 4.98 Å². The quantitative estimate of drug-likeness (QED) is 0.911. The summed E-state index contributed by atoms with van der Waals surface area (Å²) in [6, 6.07) is 0. The fourth-order valence-corrected chi connectivity index (χ4v) is 3.43. The predicted octanol–water partition coefficient (Wildman–Crippen LogP) is 2.41. The summed E-state index contributed by atoms with van der Waals surface area (Å²) in [6.45, 7) is 6.81. The first-order valence-corrected chi connectivity index (χ1v) is 7.26. The number of aryl methyl sites for hydroxylation is 2. The molecule has 1 fully saturated rings. The Morgan fingerprint density at radius 1 is 1.56 bits per heavy atom. The average molecular weight is 268 g/mol. The summed E-state index contributed by atoms with van der Waals surface area (Å²) in [6.07, 6.45) is 2.56. The number of likely N-dealkylation sites (tertiary alicyclic amines) is 1. The molecule has 18 heavy (non-hydrogen) atoms. The molecule has 1 N–H and O–H groups in total. The van der Waals surface area contributed by atoms with Gasteiger partial charge in [-0.05, 0) is 33.2 Å². The van der Waals surface area contributed by atoms with Gasteiger partial charge in [-0.3, -0.25) is 4.79 Å². The minimum absolute atomic E-state index is 0.239. The van der Waals surface area contributed by atoms with Crippen LogP contribution in [0, 0.1) is 13.8 Å². The number of nitrogens with zero attached hydrogens (tertiary/aromatic N) is 2. The van der Waals surface area contributed by atoms with Crippen molar-refractivity contribution in [2.75, 3.05) is 19.6 Å². The number of carbonyl (C=O) groups is 1. The third-order valence-corrected chi connectivity index (χ3v) is 4.78. The van der Waals surface area contributed by atoms with E-state index in [0.29, 0.717) is 12.5 Å². The molecule has 1 saturated heterocycles. The van der Waals surface area contributed by atoms with Crippen LogP contribution in [0.1, 0.15) is 40.8 Å². The molecule has 0 spiro atoms. The Bertz CT molecular complexity index is 411.